The fourth-order valence-electron chi connectivity index (χ4n) is 1.02. The summed E-state index contributed by atoms with van der Waals surface area (Å²) in [6.45, 7) is 1.95. The maximum atomic E-state index is 11.4. The number of amides is 1. The molecular formula is C13H17NO2. The van der Waals surface area contributed by atoms with Gasteiger partial charge < -0.3 is 10.4 Å². The molecule has 0 radical (unpaired) electrons. The van der Waals surface area contributed by atoms with Gasteiger partial charge in [0.25, 0.3) is 0 Å². The quantitative estimate of drug-likeness (QED) is 0.646. The molecule has 86 valence electrons. The van der Waals surface area contributed by atoms with Gasteiger partial charge in [0, 0.05) is 13.0 Å². The first kappa shape index (κ1) is 14.3. The van der Waals surface area contributed by atoms with Gasteiger partial charge >= 0.3 is 0 Å². The minimum absolute atomic E-state index is 0.161. The zero-order valence-electron chi connectivity index (χ0n) is 9.44. The number of aliphatic hydroxyl groups excluding tert-OH is 1. The molecule has 2 N–H and O–H groups in total. The van der Waals surface area contributed by atoms with E-state index in [4.69, 9.17) is 12.8 Å². The van der Waals surface area contributed by atoms with E-state index in [1.54, 1.807) is 13.0 Å². The van der Waals surface area contributed by atoms with Crippen molar-refractivity contribution >= 4 is 5.91 Å². The molecular weight excluding hydrogens is 202 g/mol. The van der Waals surface area contributed by atoms with Crippen molar-refractivity contribution in [3.63, 3.8) is 0 Å². The predicted molar refractivity (Wildman–Crippen MR) is 64.2 cm³/mol. The summed E-state index contributed by atoms with van der Waals surface area (Å²) < 4.78 is 0. The summed E-state index contributed by atoms with van der Waals surface area (Å²) in [6.07, 6.45) is 13.6. The molecule has 3 nitrogen and oxygen atoms in total. The van der Waals surface area contributed by atoms with E-state index >= 15 is 0 Å². The molecule has 3 heteroatoms. The molecule has 0 aromatic rings. The Bertz CT molecular complexity index is 320. The average Bonchev–Trinajstić information content (AvgIpc) is 2.30. The summed E-state index contributed by atoms with van der Waals surface area (Å²) in [4.78, 5) is 11.4. The Kier molecular flexibility index (Phi) is 7.67. The maximum absolute atomic E-state index is 11.4. The highest BCUT2D eigenvalue weighted by atomic mass is 16.3. The first-order valence-electron chi connectivity index (χ1n) is 5.13. The highest BCUT2D eigenvalue weighted by Crippen LogP contribution is 1.98. The van der Waals surface area contributed by atoms with Crippen LogP contribution in [-0.2, 0) is 4.79 Å². The summed E-state index contributed by atoms with van der Waals surface area (Å²) >= 11 is 0. The van der Waals surface area contributed by atoms with Gasteiger partial charge in [-0.3, -0.25) is 4.79 Å². The second-order valence-corrected chi connectivity index (χ2v) is 3.46. The molecule has 0 rings (SSSR count). The van der Waals surface area contributed by atoms with Crippen molar-refractivity contribution in [1.82, 2.24) is 5.32 Å². The largest absolute Gasteiger partial charge is 0.391 e. The first-order valence-corrected chi connectivity index (χ1v) is 5.13. The zero-order valence-corrected chi connectivity index (χ0v) is 9.44. The third-order valence-electron chi connectivity index (χ3n) is 2.03. The van der Waals surface area contributed by atoms with E-state index in [0.29, 0.717) is 12.8 Å². The number of aliphatic hydroxyl groups is 1. The minimum Gasteiger partial charge on any atom is -0.391 e. The van der Waals surface area contributed by atoms with Gasteiger partial charge in [0.1, 0.15) is 0 Å². The molecule has 0 fully saturated rings. The number of nitrogens with one attached hydrogen (secondary N) is 1. The molecule has 0 aromatic carbocycles. The predicted octanol–water partition coefficient (Wildman–Crippen LogP) is 0.702. The number of hydrogen-bond donors (Lipinski definition) is 2. The molecule has 16 heavy (non-hydrogen) atoms. The van der Waals surface area contributed by atoms with E-state index in [-0.39, 0.29) is 18.4 Å². The molecule has 1 amide bonds. The lowest BCUT2D eigenvalue weighted by atomic mass is 10.1. The highest BCUT2D eigenvalue weighted by molar-refractivity contribution is 5.80. The second-order valence-electron chi connectivity index (χ2n) is 3.46. The van der Waals surface area contributed by atoms with E-state index in [1.165, 1.54) is 6.08 Å². The number of terminal acetylenes is 2. The molecule has 0 saturated heterocycles. The van der Waals surface area contributed by atoms with Crippen LogP contribution in [0.1, 0.15) is 19.8 Å². The fourth-order valence-corrected chi connectivity index (χ4v) is 1.02. The van der Waals surface area contributed by atoms with Crippen LogP contribution in [0.15, 0.2) is 12.2 Å². The van der Waals surface area contributed by atoms with Crippen molar-refractivity contribution in [2.24, 2.45) is 5.92 Å². The van der Waals surface area contributed by atoms with Crippen molar-refractivity contribution in [3.05, 3.63) is 12.2 Å². The molecule has 0 heterocycles. The summed E-state index contributed by atoms with van der Waals surface area (Å²) in [6, 6.07) is 0. The van der Waals surface area contributed by atoms with Gasteiger partial charge in [-0.15, -0.1) is 18.8 Å². The summed E-state index contributed by atoms with van der Waals surface area (Å²) in [5, 5.41) is 12.0. The van der Waals surface area contributed by atoms with E-state index < -0.39 is 6.10 Å². The summed E-state index contributed by atoms with van der Waals surface area (Å²) in [5.74, 6) is 4.29. The van der Waals surface area contributed by atoms with Gasteiger partial charge in [-0.25, -0.2) is 0 Å². The molecule has 0 aliphatic rings. The Balaban J connectivity index is 3.85. The Morgan fingerprint density at radius 1 is 1.56 bits per heavy atom. The van der Waals surface area contributed by atoms with Crippen LogP contribution in [0, 0.1) is 30.6 Å². The molecule has 0 spiro atoms. The van der Waals surface area contributed by atoms with E-state index in [1.807, 2.05) is 0 Å². The van der Waals surface area contributed by atoms with Crippen molar-refractivity contribution in [3.8, 4) is 24.7 Å². The Hall–Kier alpha value is -1.71. The lowest BCUT2D eigenvalue weighted by Crippen LogP contribution is -2.34. The number of allylic oxidation sites excluding steroid dienone is 1. The van der Waals surface area contributed by atoms with Gasteiger partial charge in [0.05, 0.1) is 12.0 Å². The van der Waals surface area contributed by atoms with Crippen LogP contribution in [0.2, 0.25) is 0 Å². The first-order chi connectivity index (χ1) is 7.61. The third kappa shape index (κ3) is 6.70. The van der Waals surface area contributed by atoms with Gasteiger partial charge in [-0.2, -0.15) is 0 Å². The van der Waals surface area contributed by atoms with Gasteiger partial charge in [0.15, 0.2) is 0 Å². The van der Waals surface area contributed by atoms with Crippen molar-refractivity contribution in [2.75, 3.05) is 6.54 Å². The third-order valence-corrected chi connectivity index (χ3v) is 2.03. The molecule has 0 aromatic heterocycles. The SMILES string of the molecule is C#CC=CC(C)C(=O)NCC(O)CCC#C. The number of carbonyl (C=O) groups excluding carboxylic acids is 1. The van der Waals surface area contributed by atoms with E-state index in [9.17, 15) is 9.90 Å². The zero-order chi connectivity index (χ0) is 12.4. The fraction of sp³-hybridized carbons (Fsp3) is 0.462. The summed E-state index contributed by atoms with van der Waals surface area (Å²) in [7, 11) is 0. The topological polar surface area (TPSA) is 49.3 Å². The average molecular weight is 219 g/mol. The highest BCUT2D eigenvalue weighted by Gasteiger charge is 2.10. The van der Waals surface area contributed by atoms with Crippen LogP contribution in [-0.4, -0.2) is 23.7 Å². The van der Waals surface area contributed by atoms with Crippen molar-refractivity contribution < 1.29 is 9.90 Å². The normalized spacial score (nSPS) is 13.8. The lowest BCUT2D eigenvalue weighted by molar-refractivity contribution is -0.123. The van der Waals surface area contributed by atoms with Gasteiger partial charge in [0.2, 0.25) is 5.91 Å². The standard InChI is InChI=1S/C13H17NO2/c1-4-6-8-11(3)13(16)14-10-12(15)9-7-5-2/h1-2,6,8,11-12,15H,7,9-10H2,3H3,(H,14,16). The monoisotopic (exact) mass is 219 g/mol. The maximum Gasteiger partial charge on any atom is 0.226 e. The van der Waals surface area contributed by atoms with Crippen LogP contribution in [0.4, 0.5) is 0 Å². The van der Waals surface area contributed by atoms with E-state index in [0.717, 1.165) is 0 Å². The molecule has 0 bridgehead atoms. The van der Waals surface area contributed by atoms with Crippen molar-refractivity contribution in [2.45, 2.75) is 25.9 Å². The van der Waals surface area contributed by atoms with Gasteiger partial charge in [-0.05, 0) is 12.5 Å². The van der Waals surface area contributed by atoms with Crippen LogP contribution in [0.3, 0.4) is 0 Å². The number of hydrogen-bond acceptors (Lipinski definition) is 2. The molecule has 2 atom stereocenters. The minimum atomic E-state index is -0.594. The molecule has 2 unspecified atom stereocenters. The Morgan fingerprint density at radius 2 is 2.25 bits per heavy atom. The Morgan fingerprint density at radius 3 is 2.81 bits per heavy atom. The van der Waals surface area contributed by atoms with Crippen LogP contribution in [0.25, 0.3) is 0 Å². The second kappa shape index (κ2) is 8.59. The lowest BCUT2D eigenvalue weighted by Gasteiger charge is -2.12. The van der Waals surface area contributed by atoms with Crippen LogP contribution >= 0.6 is 0 Å². The van der Waals surface area contributed by atoms with Crippen LogP contribution < -0.4 is 5.32 Å². The number of carbonyl (C=O) groups is 1. The van der Waals surface area contributed by atoms with Crippen molar-refractivity contribution in [1.29, 1.82) is 0 Å². The Labute approximate surface area is 96.9 Å². The number of rotatable bonds is 6. The molecule has 0 aliphatic carbocycles. The van der Waals surface area contributed by atoms with Gasteiger partial charge in [-0.1, -0.05) is 18.9 Å². The van der Waals surface area contributed by atoms with E-state index in [2.05, 4.69) is 17.2 Å². The molecule has 0 aliphatic heterocycles. The van der Waals surface area contributed by atoms with Crippen LogP contribution in [0.5, 0.6) is 0 Å². The molecule has 0 saturated carbocycles. The smallest absolute Gasteiger partial charge is 0.226 e. The summed E-state index contributed by atoms with van der Waals surface area (Å²) in [5.41, 5.74) is 0.